The van der Waals surface area contributed by atoms with E-state index in [1.54, 1.807) is 0 Å². The zero-order valence-electron chi connectivity index (χ0n) is 6.97. The van der Waals surface area contributed by atoms with Crippen molar-refractivity contribution in [3.63, 3.8) is 0 Å². The quantitative estimate of drug-likeness (QED) is 0.579. The fourth-order valence-corrected chi connectivity index (χ4v) is 1.44. The van der Waals surface area contributed by atoms with Gasteiger partial charge in [0.25, 0.3) is 0 Å². The third kappa shape index (κ3) is 2.58. The SMILES string of the molecule is CCCCC1=CC=CCC1=S. The fourth-order valence-electron chi connectivity index (χ4n) is 1.17. The summed E-state index contributed by atoms with van der Waals surface area (Å²) in [6.07, 6.45) is 11.0. The van der Waals surface area contributed by atoms with Crippen LogP contribution in [0.4, 0.5) is 0 Å². The van der Waals surface area contributed by atoms with E-state index in [1.165, 1.54) is 24.8 Å². The Balaban J connectivity index is 2.47. The van der Waals surface area contributed by atoms with Crippen LogP contribution < -0.4 is 0 Å². The monoisotopic (exact) mass is 166 g/mol. The Morgan fingerprint density at radius 2 is 2.36 bits per heavy atom. The summed E-state index contributed by atoms with van der Waals surface area (Å²) < 4.78 is 0. The molecule has 0 saturated heterocycles. The normalized spacial score (nSPS) is 16.8. The first kappa shape index (κ1) is 8.66. The number of hydrogen-bond acceptors (Lipinski definition) is 1. The van der Waals surface area contributed by atoms with E-state index in [4.69, 9.17) is 12.2 Å². The Hall–Kier alpha value is -0.430. The summed E-state index contributed by atoms with van der Waals surface area (Å²) in [7, 11) is 0. The average Bonchev–Trinajstić information content (AvgIpc) is 2.03. The zero-order chi connectivity index (χ0) is 8.10. The summed E-state index contributed by atoms with van der Waals surface area (Å²) in [5.41, 5.74) is 1.38. The molecule has 0 aromatic heterocycles. The predicted octanol–water partition coefficient (Wildman–Crippen LogP) is 3.43. The first-order chi connectivity index (χ1) is 5.34. The fraction of sp³-hybridized carbons (Fsp3) is 0.500. The van der Waals surface area contributed by atoms with E-state index in [-0.39, 0.29) is 0 Å². The van der Waals surface area contributed by atoms with Gasteiger partial charge in [0, 0.05) is 11.3 Å². The van der Waals surface area contributed by atoms with Gasteiger partial charge >= 0.3 is 0 Å². The second-order valence-electron chi connectivity index (χ2n) is 2.85. The molecule has 0 amide bonds. The van der Waals surface area contributed by atoms with Crippen molar-refractivity contribution in [1.29, 1.82) is 0 Å². The summed E-state index contributed by atoms with van der Waals surface area (Å²) >= 11 is 5.22. The van der Waals surface area contributed by atoms with Crippen LogP contribution in [0.15, 0.2) is 23.8 Å². The molecule has 1 rings (SSSR count). The summed E-state index contributed by atoms with van der Waals surface area (Å²) in [6, 6.07) is 0. The number of allylic oxidation sites excluding steroid dienone is 4. The molecule has 0 N–H and O–H groups in total. The second-order valence-corrected chi connectivity index (χ2v) is 3.34. The molecule has 11 heavy (non-hydrogen) atoms. The Bertz CT molecular complexity index is 199. The van der Waals surface area contributed by atoms with E-state index >= 15 is 0 Å². The zero-order valence-corrected chi connectivity index (χ0v) is 7.79. The minimum Gasteiger partial charge on any atom is -0.0843 e. The van der Waals surface area contributed by atoms with E-state index in [9.17, 15) is 0 Å². The smallest absolute Gasteiger partial charge is 0.0221 e. The lowest BCUT2D eigenvalue weighted by Gasteiger charge is -2.08. The van der Waals surface area contributed by atoms with Crippen molar-refractivity contribution in [2.45, 2.75) is 32.6 Å². The van der Waals surface area contributed by atoms with Gasteiger partial charge in [-0.1, -0.05) is 43.8 Å². The van der Waals surface area contributed by atoms with E-state index in [0.717, 1.165) is 11.3 Å². The van der Waals surface area contributed by atoms with Crippen molar-refractivity contribution < 1.29 is 0 Å². The Morgan fingerprint density at radius 3 is 3.00 bits per heavy atom. The average molecular weight is 166 g/mol. The lowest BCUT2D eigenvalue weighted by atomic mass is 10.00. The molecule has 1 aliphatic rings. The molecular weight excluding hydrogens is 152 g/mol. The number of thiocarbonyl (C=S) groups is 1. The molecule has 0 aromatic rings. The van der Waals surface area contributed by atoms with Crippen molar-refractivity contribution in [3.8, 4) is 0 Å². The third-order valence-electron chi connectivity index (χ3n) is 1.89. The van der Waals surface area contributed by atoms with Crippen molar-refractivity contribution in [3.05, 3.63) is 23.8 Å². The minimum absolute atomic E-state index is 0.977. The molecule has 0 unspecified atom stereocenters. The van der Waals surface area contributed by atoms with Gasteiger partial charge in [-0.05, 0) is 18.4 Å². The maximum absolute atomic E-state index is 5.22. The number of unbranched alkanes of at least 4 members (excludes halogenated alkanes) is 1. The van der Waals surface area contributed by atoms with Crippen molar-refractivity contribution in [2.24, 2.45) is 0 Å². The van der Waals surface area contributed by atoms with Crippen LogP contribution in [0, 0.1) is 0 Å². The van der Waals surface area contributed by atoms with Gasteiger partial charge in [-0.2, -0.15) is 0 Å². The molecule has 0 aromatic carbocycles. The third-order valence-corrected chi connectivity index (χ3v) is 2.32. The molecule has 1 aliphatic carbocycles. The topological polar surface area (TPSA) is 0 Å². The molecule has 0 aliphatic heterocycles. The Kier molecular flexibility index (Phi) is 3.50. The highest BCUT2D eigenvalue weighted by Crippen LogP contribution is 2.15. The van der Waals surface area contributed by atoms with Gasteiger partial charge in [-0.3, -0.25) is 0 Å². The maximum Gasteiger partial charge on any atom is 0.0221 e. The van der Waals surface area contributed by atoms with E-state index in [0.29, 0.717) is 0 Å². The van der Waals surface area contributed by atoms with Crippen LogP contribution in [0.5, 0.6) is 0 Å². The Morgan fingerprint density at radius 1 is 1.55 bits per heavy atom. The minimum atomic E-state index is 0.977. The van der Waals surface area contributed by atoms with Gasteiger partial charge in [-0.15, -0.1) is 0 Å². The molecule has 60 valence electrons. The van der Waals surface area contributed by atoms with Crippen LogP contribution in [0.3, 0.4) is 0 Å². The lowest BCUT2D eigenvalue weighted by molar-refractivity contribution is 0.802. The van der Waals surface area contributed by atoms with Crippen molar-refractivity contribution in [1.82, 2.24) is 0 Å². The summed E-state index contributed by atoms with van der Waals surface area (Å²) in [4.78, 5) is 1.14. The van der Waals surface area contributed by atoms with E-state index in [2.05, 4.69) is 25.2 Å². The van der Waals surface area contributed by atoms with Gasteiger partial charge in [-0.25, -0.2) is 0 Å². The molecule has 0 saturated carbocycles. The van der Waals surface area contributed by atoms with Gasteiger partial charge in [0.2, 0.25) is 0 Å². The van der Waals surface area contributed by atoms with E-state index < -0.39 is 0 Å². The molecular formula is C10H14S. The Labute approximate surface area is 74.0 Å². The number of rotatable bonds is 3. The highest BCUT2D eigenvalue weighted by molar-refractivity contribution is 7.80. The standard InChI is InChI=1S/C10H14S/c1-2-3-6-9-7-4-5-8-10(9)11/h4-5,7H,2-3,6,8H2,1H3. The first-order valence-corrected chi connectivity index (χ1v) is 4.64. The highest BCUT2D eigenvalue weighted by Gasteiger charge is 2.04. The van der Waals surface area contributed by atoms with Gasteiger partial charge < -0.3 is 0 Å². The summed E-state index contributed by atoms with van der Waals surface area (Å²) in [6.45, 7) is 2.21. The first-order valence-electron chi connectivity index (χ1n) is 4.23. The molecule has 0 fully saturated rings. The molecule has 0 spiro atoms. The highest BCUT2D eigenvalue weighted by atomic mass is 32.1. The molecule has 1 heteroatoms. The summed E-state index contributed by atoms with van der Waals surface area (Å²) in [5.74, 6) is 0. The van der Waals surface area contributed by atoms with Gasteiger partial charge in [0.05, 0.1) is 0 Å². The van der Waals surface area contributed by atoms with Crippen LogP contribution in [0.2, 0.25) is 0 Å². The van der Waals surface area contributed by atoms with Crippen molar-refractivity contribution in [2.75, 3.05) is 0 Å². The molecule has 0 heterocycles. The van der Waals surface area contributed by atoms with Crippen LogP contribution in [0.25, 0.3) is 0 Å². The van der Waals surface area contributed by atoms with Crippen LogP contribution in [-0.2, 0) is 0 Å². The van der Waals surface area contributed by atoms with Crippen molar-refractivity contribution >= 4 is 17.1 Å². The summed E-state index contributed by atoms with van der Waals surface area (Å²) in [5, 5.41) is 0. The van der Waals surface area contributed by atoms with Crippen LogP contribution in [0.1, 0.15) is 32.6 Å². The predicted molar refractivity (Wildman–Crippen MR) is 54.0 cm³/mol. The van der Waals surface area contributed by atoms with E-state index in [1.807, 2.05) is 0 Å². The van der Waals surface area contributed by atoms with Crippen LogP contribution >= 0.6 is 12.2 Å². The van der Waals surface area contributed by atoms with Gasteiger partial charge in [0.1, 0.15) is 0 Å². The lowest BCUT2D eigenvalue weighted by Crippen LogP contribution is -2.00. The maximum atomic E-state index is 5.22. The van der Waals surface area contributed by atoms with Gasteiger partial charge in [0.15, 0.2) is 0 Å². The second kappa shape index (κ2) is 4.45. The molecule has 0 radical (unpaired) electrons. The molecule has 0 atom stereocenters. The molecule has 0 bridgehead atoms. The largest absolute Gasteiger partial charge is 0.0843 e. The number of hydrogen-bond donors (Lipinski definition) is 0. The molecule has 0 nitrogen and oxygen atoms in total. The van der Waals surface area contributed by atoms with Crippen LogP contribution in [-0.4, -0.2) is 4.86 Å².